The molecule has 0 unspecified atom stereocenters. The minimum atomic E-state index is -0.535. The molecule has 1 fully saturated rings. The fraction of sp³-hybridized carbons (Fsp3) is 0.367. The predicted molar refractivity (Wildman–Crippen MR) is 164 cm³/mol. The quantitative estimate of drug-likeness (QED) is 0.259. The molecule has 0 saturated heterocycles. The van der Waals surface area contributed by atoms with Gasteiger partial charge in [0.15, 0.2) is 5.69 Å². The molecule has 1 saturated carbocycles. The van der Waals surface area contributed by atoms with Gasteiger partial charge in [-0.3, -0.25) is 4.79 Å². The van der Waals surface area contributed by atoms with Crippen molar-refractivity contribution in [2.75, 3.05) is 10.6 Å². The lowest BCUT2D eigenvalue weighted by Crippen LogP contribution is -2.42. The fourth-order valence-corrected chi connectivity index (χ4v) is 4.79. The number of nitrogens with zero attached hydrogens (tertiary/aromatic N) is 2. The van der Waals surface area contributed by atoms with Crippen molar-refractivity contribution in [2.24, 2.45) is 0 Å². The maximum absolute atomic E-state index is 13.0. The summed E-state index contributed by atoms with van der Waals surface area (Å²) >= 11 is 11.7. The minimum absolute atomic E-state index is 0.0263. The van der Waals surface area contributed by atoms with E-state index in [4.69, 9.17) is 33.3 Å². The number of rotatable bonds is 7. The van der Waals surface area contributed by atoms with Crippen molar-refractivity contribution in [1.29, 1.82) is 0 Å². The number of nitrogens with one attached hydrogen (secondary N) is 3. The SMILES string of the molecule is Cc1ccc(C(=S)Nc2cccnc2C(=O)Nc2ccc(Cl)cn2)c(O[C@H]2CC[C@@H](NC(=O)OC(C)(C)C)CC2)c1. The smallest absolute Gasteiger partial charge is 0.407 e. The van der Waals surface area contributed by atoms with Crippen molar-refractivity contribution < 1.29 is 19.1 Å². The average molecular weight is 596 g/mol. The van der Waals surface area contributed by atoms with Crippen molar-refractivity contribution in [2.45, 2.75) is 71.1 Å². The maximum Gasteiger partial charge on any atom is 0.407 e. The van der Waals surface area contributed by atoms with Gasteiger partial charge in [-0.25, -0.2) is 14.8 Å². The van der Waals surface area contributed by atoms with E-state index in [0.29, 0.717) is 32.8 Å². The molecule has 0 bridgehead atoms. The van der Waals surface area contributed by atoms with Crippen LogP contribution in [0.3, 0.4) is 0 Å². The number of anilines is 2. The third kappa shape index (κ3) is 8.86. The van der Waals surface area contributed by atoms with Crippen LogP contribution in [0.2, 0.25) is 5.02 Å². The van der Waals surface area contributed by atoms with E-state index in [0.717, 1.165) is 31.2 Å². The summed E-state index contributed by atoms with van der Waals surface area (Å²) in [6.45, 7) is 7.53. The van der Waals surface area contributed by atoms with Crippen LogP contribution in [0.5, 0.6) is 5.75 Å². The van der Waals surface area contributed by atoms with E-state index in [1.807, 2.05) is 45.9 Å². The highest BCUT2D eigenvalue weighted by Crippen LogP contribution is 2.29. The predicted octanol–water partition coefficient (Wildman–Crippen LogP) is 6.69. The van der Waals surface area contributed by atoms with Gasteiger partial charge in [0.2, 0.25) is 0 Å². The zero-order valence-electron chi connectivity index (χ0n) is 23.5. The highest BCUT2D eigenvalue weighted by molar-refractivity contribution is 7.81. The van der Waals surface area contributed by atoms with E-state index >= 15 is 0 Å². The van der Waals surface area contributed by atoms with Crippen LogP contribution < -0.4 is 20.7 Å². The Bertz CT molecular complexity index is 1400. The molecule has 11 heteroatoms. The number of carbonyl (C=O) groups is 2. The number of pyridine rings is 2. The Hall–Kier alpha value is -3.76. The standard InChI is InChI=1S/C30H34ClN5O4S/c1-18-7-13-22(24(16-18)39-21-11-9-20(10-12-21)34-29(38)40-30(2,3)4)28(41)35-23-6-5-15-32-26(23)27(37)36-25-14-8-19(31)17-33-25/h5-8,13-17,20-21H,9-12H2,1-4H3,(H,34,38)(H,35,41)(H,33,36,37)/t20-,21+. The average Bonchev–Trinajstić information content (AvgIpc) is 2.90. The number of ether oxygens (including phenoxy) is 2. The van der Waals surface area contributed by atoms with Crippen molar-refractivity contribution in [3.8, 4) is 5.75 Å². The lowest BCUT2D eigenvalue weighted by Gasteiger charge is -2.31. The number of amides is 2. The van der Waals surface area contributed by atoms with E-state index in [9.17, 15) is 9.59 Å². The number of aryl methyl sites for hydroxylation is 1. The summed E-state index contributed by atoms with van der Waals surface area (Å²) in [7, 11) is 0. The van der Waals surface area contributed by atoms with Gasteiger partial charge in [0.1, 0.15) is 22.2 Å². The number of hydrogen-bond acceptors (Lipinski definition) is 7. The molecule has 2 aromatic heterocycles. The Morgan fingerprint density at radius 1 is 1.02 bits per heavy atom. The Morgan fingerprint density at radius 2 is 1.78 bits per heavy atom. The molecule has 216 valence electrons. The molecule has 2 amide bonds. The first-order valence-corrected chi connectivity index (χ1v) is 14.2. The van der Waals surface area contributed by atoms with E-state index in [-0.39, 0.29) is 17.8 Å². The topological polar surface area (TPSA) is 114 Å². The van der Waals surface area contributed by atoms with Crippen molar-refractivity contribution in [1.82, 2.24) is 15.3 Å². The second-order valence-electron chi connectivity index (χ2n) is 10.9. The normalized spacial score (nSPS) is 16.8. The molecule has 1 aliphatic rings. The Labute approximate surface area is 250 Å². The number of hydrogen-bond donors (Lipinski definition) is 3. The minimum Gasteiger partial charge on any atom is -0.490 e. The number of thiocarbonyl (C=S) groups is 1. The van der Waals surface area contributed by atoms with Crippen LogP contribution in [0.25, 0.3) is 0 Å². The third-order valence-electron chi connectivity index (χ3n) is 6.31. The van der Waals surface area contributed by atoms with Gasteiger partial charge < -0.3 is 25.4 Å². The van der Waals surface area contributed by atoms with E-state index < -0.39 is 17.6 Å². The second kappa shape index (κ2) is 13.3. The molecule has 9 nitrogen and oxygen atoms in total. The summed E-state index contributed by atoms with van der Waals surface area (Å²) in [5.41, 5.74) is 1.81. The monoisotopic (exact) mass is 595 g/mol. The first-order valence-electron chi connectivity index (χ1n) is 13.4. The van der Waals surface area contributed by atoms with Crippen LogP contribution in [-0.4, -0.2) is 44.7 Å². The highest BCUT2D eigenvalue weighted by Gasteiger charge is 2.27. The van der Waals surface area contributed by atoms with Crippen LogP contribution in [0.15, 0.2) is 54.9 Å². The van der Waals surface area contributed by atoms with Gasteiger partial charge >= 0.3 is 6.09 Å². The van der Waals surface area contributed by atoms with Crippen LogP contribution in [0.4, 0.5) is 16.3 Å². The fourth-order valence-electron chi connectivity index (χ4n) is 4.40. The van der Waals surface area contributed by atoms with Gasteiger partial charge in [-0.15, -0.1) is 0 Å². The first kappa shape index (κ1) is 30.2. The second-order valence-corrected chi connectivity index (χ2v) is 11.8. The van der Waals surface area contributed by atoms with Gasteiger partial charge in [-0.05, 0) is 95.3 Å². The number of halogens is 1. The number of carbonyl (C=O) groups excluding carboxylic acids is 2. The largest absolute Gasteiger partial charge is 0.490 e. The summed E-state index contributed by atoms with van der Waals surface area (Å²) in [6, 6.07) is 12.6. The zero-order valence-corrected chi connectivity index (χ0v) is 25.1. The molecule has 3 N–H and O–H groups in total. The van der Waals surface area contributed by atoms with Gasteiger partial charge in [0, 0.05) is 18.4 Å². The Kier molecular flexibility index (Phi) is 9.77. The summed E-state index contributed by atoms with van der Waals surface area (Å²) in [4.78, 5) is 33.9. The lowest BCUT2D eigenvalue weighted by atomic mass is 9.93. The molecule has 3 aromatic rings. The number of alkyl carbamates (subject to hydrolysis) is 1. The van der Waals surface area contributed by atoms with Crippen molar-refractivity contribution in [3.63, 3.8) is 0 Å². The molecule has 1 aromatic carbocycles. The van der Waals surface area contributed by atoms with Gasteiger partial charge in [0.25, 0.3) is 5.91 Å². The maximum atomic E-state index is 13.0. The molecular weight excluding hydrogens is 562 g/mol. The summed E-state index contributed by atoms with van der Waals surface area (Å²) in [5.74, 6) is 0.568. The van der Waals surface area contributed by atoms with Crippen LogP contribution in [-0.2, 0) is 4.74 Å². The van der Waals surface area contributed by atoms with Crippen LogP contribution in [0.1, 0.15) is 68.1 Å². The molecule has 1 aliphatic carbocycles. The molecule has 0 spiro atoms. The molecule has 41 heavy (non-hydrogen) atoms. The van der Waals surface area contributed by atoms with E-state index in [1.165, 1.54) is 12.4 Å². The van der Waals surface area contributed by atoms with Gasteiger partial charge in [-0.1, -0.05) is 29.9 Å². The first-order chi connectivity index (χ1) is 19.5. The van der Waals surface area contributed by atoms with E-state index in [2.05, 4.69) is 25.9 Å². The van der Waals surface area contributed by atoms with E-state index in [1.54, 1.807) is 24.3 Å². The molecule has 2 heterocycles. The Morgan fingerprint density at radius 3 is 2.46 bits per heavy atom. The molecular formula is C30H34ClN5O4S. The number of benzene rings is 1. The Balaban J connectivity index is 1.41. The summed E-state index contributed by atoms with van der Waals surface area (Å²) in [5, 5.41) is 9.33. The highest BCUT2D eigenvalue weighted by atomic mass is 35.5. The van der Waals surface area contributed by atoms with Crippen LogP contribution >= 0.6 is 23.8 Å². The lowest BCUT2D eigenvalue weighted by molar-refractivity contribution is 0.0470. The molecule has 4 rings (SSSR count). The number of aromatic nitrogens is 2. The summed E-state index contributed by atoms with van der Waals surface area (Å²) in [6.07, 6.45) is 5.68. The van der Waals surface area contributed by atoms with Crippen molar-refractivity contribution in [3.05, 3.63) is 76.7 Å². The third-order valence-corrected chi connectivity index (χ3v) is 6.86. The molecule has 0 aliphatic heterocycles. The van der Waals surface area contributed by atoms with Gasteiger partial charge in [-0.2, -0.15) is 0 Å². The summed E-state index contributed by atoms with van der Waals surface area (Å²) < 4.78 is 11.8. The van der Waals surface area contributed by atoms with Crippen LogP contribution in [0, 0.1) is 6.92 Å². The zero-order chi connectivity index (χ0) is 29.6. The molecule has 0 atom stereocenters. The van der Waals surface area contributed by atoms with Crippen molar-refractivity contribution >= 4 is 52.3 Å². The molecule has 0 radical (unpaired) electrons. The van der Waals surface area contributed by atoms with Gasteiger partial charge in [0.05, 0.1) is 22.4 Å².